The van der Waals surface area contributed by atoms with Gasteiger partial charge >= 0.3 is 12.3 Å². The molecule has 0 aliphatic carbocycles. The van der Waals surface area contributed by atoms with E-state index in [1.165, 1.54) is 6.92 Å². The van der Waals surface area contributed by atoms with Crippen LogP contribution < -0.4 is 4.74 Å². The maximum absolute atomic E-state index is 12.9. The van der Waals surface area contributed by atoms with E-state index in [2.05, 4.69) is 30.4 Å². The van der Waals surface area contributed by atoms with Gasteiger partial charge in [-0.2, -0.15) is 0 Å². The quantitative estimate of drug-likeness (QED) is 0.442. The first-order valence-electron chi connectivity index (χ1n) is 5.50. The predicted molar refractivity (Wildman–Crippen MR) is 64.5 cm³/mol. The molecule has 0 amide bonds. The maximum atomic E-state index is 12.9. The van der Waals surface area contributed by atoms with Crippen LogP contribution >= 0.6 is 15.9 Å². The Kier molecular flexibility index (Phi) is 5.87. The van der Waals surface area contributed by atoms with Gasteiger partial charge in [0.2, 0.25) is 0 Å². The summed E-state index contributed by atoms with van der Waals surface area (Å²) in [7, 11) is 0. The minimum absolute atomic E-state index is 0.0832. The van der Waals surface area contributed by atoms with Crippen LogP contribution in [0.2, 0.25) is 0 Å². The molecule has 4 nitrogen and oxygen atoms in total. The summed E-state index contributed by atoms with van der Waals surface area (Å²) in [6, 6.07) is 0.619. The van der Waals surface area contributed by atoms with Crippen molar-refractivity contribution in [3.8, 4) is 5.75 Å². The second-order valence-electron chi connectivity index (χ2n) is 3.57. The molecule has 0 unspecified atom stereocenters. The van der Waals surface area contributed by atoms with E-state index >= 15 is 0 Å². The van der Waals surface area contributed by atoms with E-state index in [0.29, 0.717) is 6.07 Å². The van der Waals surface area contributed by atoms with Gasteiger partial charge in [0.1, 0.15) is 11.4 Å². The molecular formula is C11H9BrF5NO3. The Bertz CT molecular complexity index is 521. The third-order valence-corrected chi connectivity index (χ3v) is 2.73. The molecule has 0 spiro atoms. The summed E-state index contributed by atoms with van der Waals surface area (Å²) < 4.78 is 70.9. The molecule has 0 aliphatic rings. The SMILES string of the molecule is CCOC(=O)c1cc(OC(F)(F)F)c(CBr)c(C(F)F)n1. The molecule has 1 rings (SSSR count). The first-order chi connectivity index (χ1) is 9.69. The van der Waals surface area contributed by atoms with Gasteiger partial charge in [0.15, 0.2) is 5.69 Å². The number of pyridine rings is 1. The van der Waals surface area contributed by atoms with Crippen LogP contribution in [0, 0.1) is 0 Å². The first-order valence-corrected chi connectivity index (χ1v) is 6.62. The molecule has 0 aromatic carbocycles. The lowest BCUT2D eigenvalue weighted by Gasteiger charge is -2.16. The van der Waals surface area contributed by atoms with Gasteiger partial charge in [-0.05, 0) is 6.92 Å². The Balaban J connectivity index is 3.40. The fourth-order valence-corrected chi connectivity index (χ4v) is 1.97. The van der Waals surface area contributed by atoms with Crippen LogP contribution in [0.15, 0.2) is 6.07 Å². The fourth-order valence-electron chi connectivity index (χ4n) is 1.41. The van der Waals surface area contributed by atoms with Crippen molar-refractivity contribution in [2.75, 3.05) is 6.61 Å². The number of rotatable bonds is 5. The standard InChI is InChI=1S/C11H9BrF5NO3/c1-2-20-10(19)6-3-7(21-11(15,16)17)5(4-12)8(18-6)9(13)14/h3,9H,2,4H2,1H3. The number of esters is 1. The Morgan fingerprint density at radius 3 is 2.48 bits per heavy atom. The van der Waals surface area contributed by atoms with Crippen LogP contribution in [-0.4, -0.2) is 23.9 Å². The van der Waals surface area contributed by atoms with Crippen molar-refractivity contribution in [3.05, 3.63) is 23.0 Å². The highest BCUT2D eigenvalue weighted by atomic mass is 79.9. The molecule has 0 radical (unpaired) electrons. The van der Waals surface area contributed by atoms with Gasteiger partial charge in [-0.15, -0.1) is 13.2 Å². The van der Waals surface area contributed by atoms with Gasteiger partial charge in [-0.25, -0.2) is 18.6 Å². The molecule has 0 saturated heterocycles. The van der Waals surface area contributed by atoms with Crippen LogP contribution in [0.5, 0.6) is 5.75 Å². The monoisotopic (exact) mass is 377 g/mol. The lowest BCUT2D eigenvalue weighted by atomic mass is 10.1. The number of carbonyl (C=O) groups is 1. The lowest BCUT2D eigenvalue weighted by molar-refractivity contribution is -0.275. The summed E-state index contributed by atoms with van der Waals surface area (Å²) >= 11 is 2.79. The topological polar surface area (TPSA) is 48.4 Å². The van der Waals surface area contributed by atoms with Crippen molar-refractivity contribution in [2.24, 2.45) is 0 Å². The molecule has 0 N–H and O–H groups in total. The molecule has 1 aromatic rings. The number of aromatic nitrogens is 1. The smallest absolute Gasteiger partial charge is 0.461 e. The van der Waals surface area contributed by atoms with Crippen molar-refractivity contribution < 1.29 is 36.2 Å². The van der Waals surface area contributed by atoms with Gasteiger partial charge in [-0.3, -0.25) is 0 Å². The number of ether oxygens (including phenoxy) is 2. The lowest BCUT2D eigenvalue weighted by Crippen LogP contribution is -2.20. The summed E-state index contributed by atoms with van der Waals surface area (Å²) in [5, 5.41) is -0.353. The third-order valence-electron chi connectivity index (χ3n) is 2.17. The van der Waals surface area contributed by atoms with Gasteiger partial charge in [0, 0.05) is 17.0 Å². The molecule has 0 fully saturated rings. The molecular weight excluding hydrogens is 369 g/mol. The molecule has 10 heteroatoms. The second kappa shape index (κ2) is 7.01. The number of hydrogen-bond donors (Lipinski definition) is 0. The zero-order chi connectivity index (χ0) is 16.2. The van der Waals surface area contributed by atoms with E-state index in [-0.39, 0.29) is 11.9 Å². The molecule has 1 heterocycles. The number of alkyl halides is 6. The zero-order valence-electron chi connectivity index (χ0n) is 10.5. The third kappa shape index (κ3) is 4.80. The van der Waals surface area contributed by atoms with Crippen molar-refractivity contribution >= 4 is 21.9 Å². The normalized spacial score (nSPS) is 11.6. The minimum atomic E-state index is -5.09. The Morgan fingerprint density at radius 2 is 2.05 bits per heavy atom. The minimum Gasteiger partial charge on any atom is -0.461 e. The molecule has 0 aliphatic heterocycles. The number of hydrogen-bond acceptors (Lipinski definition) is 4. The molecule has 0 saturated carbocycles. The molecule has 118 valence electrons. The maximum Gasteiger partial charge on any atom is 0.573 e. The van der Waals surface area contributed by atoms with E-state index in [1.807, 2.05) is 0 Å². The Labute approximate surface area is 124 Å². The van der Waals surface area contributed by atoms with Crippen molar-refractivity contribution in [3.63, 3.8) is 0 Å². The van der Waals surface area contributed by atoms with Crippen LogP contribution in [0.4, 0.5) is 22.0 Å². The van der Waals surface area contributed by atoms with Gasteiger partial charge < -0.3 is 9.47 Å². The van der Waals surface area contributed by atoms with Crippen LogP contribution in [-0.2, 0) is 10.1 Å². The molecule has 0 bridgehead atoms. The number of halogens is 6. The number of nitrogens with zero attached hydrogens (tertiary/aromatic N) is 1. The highest BCUT2D eigenvalue weighted by Gasteiger charge is 2.34. The molecule has 21 heavy (non-hydrogen) atoms. The Morgan fingerprint density at radius 1 is 1.43 bits per heavy atom. The van der Waals surface area contributed by atoms with Gasteiger partial charge in [-0.1, -0.05) is 15.9 Å². The Hall–Kier alpha value is -1.45. The average molecular weight is 378 g/mol. The summed E-state index contributed by atoms with van der Waals surface area (Å²) in [5.41, 5.74) is -2.15. The van der Waals surface area contributed by atoms with E-state index in [4.69, 9.17) is 0 Å². The number of carbonyl (C=O) groups excluding carboxylic acids is 1. The van der Waals surface area contributed by atoms with Crippen molar-refractivity contribution in [1.29, 1.82) is 0 Å². The summed E-state index contributed by atoms with van der Waals surface area (Å²) in [5.74, 6) is -2.04. The summed E-state index contributed by atoms with van der Waals surface area (Å²) in [6.45, 7) is 1.37. The van der Waals surface area contributed by atoms with Gasteiger partial charge in [0.05, 0.1) is 6.61 Å². The summed E-state index contributed by atoms with van der Waals surface area (Å²) in [6.07, 6.45) is -8.27. The van der Waals surface area contributed by atoms with E-state index in [9.17, 15) is 26.7 Å². The van der Waals surface area contributed by atoms with Crippen LogP contribution in [0.3, 0.4) is 0 Å². The second-order valence-corrected chi connectivity index (χ2v) is 4.13. The largest absolute Gasteiger partial charge is 0.573 e. The average Bonchev–Trinajstić information content (AvgIpc) is 2.36. The highest BCUT2D eigenvalue weighted by Crippen LogP contribution is 2.34. The van der Waals surface area contributed by atoms with E-state index in [1.54, 1.807) is 0 Å². The zero-order valence-corrected chi connectivity index (χ0v) is 12.1. The van der Waals surface area contributed by atoms with Crippen molar-refractivity contribution in [2.45, 2.75) is 25.0 Å². The summed E-state index contributed by atoms with van der Waals surface area (Å²) in [4.78, 5) is 14.8. The van der Waals surface area contributed by atoms with Crippen LogP contribution in [0.25, 0.3) is 0 Å². The van der Waals surface area contributed by atoms with E-state index < -0.39 is 41.5 Å². The van der Waals surface area contributed by atoms with Gasteiger partial charge in [0.25, 0.3) is 6.43 Å². The van der Waals surface area contributed by atoms with Crippen LogP contribution in [0.1, 0.15) is 35.1 Å². The van der Waals surface area contributed by atoms with Crippen molar-refractivity contribution in [1.82, 2.24) is 4.98 Å². The highest BCUT2D eigenvalue weighted by molar-refractivity contribution is 9.08. The predicted octanol–water partition coefficient (Wildman–Crippen LogP) is 3.99. The molecule has 0 atom stereocenters. The van der Waals surface area contributed by atoms with E-state index in [0.717, 1.165) is 0 Å². The fraction of sp³-hybridized carbons (Fsp3) is 0.455. The molecule has 1 aromatic heterocycles. The first kappa shape index (κ1) is 17.6.